The van der Waals surface area contributed by atoms with E-state index in [1.54, 1.807) is 0 Å². The van der Waals surface area contributed by atoms with Crippen LogP contribution in [0.5, 0.6) is 0 Å². The van der Waals surface area contributed by atoms with Crippen LogP contribution in [0.4, 0.5) is 0 Å². The SMILES string of the molecule is CC(C)=C(Sc1cc(Cl)ccc1C)N1CCC(CCC2CC(c3ccc4c(c3C)SCC4CC(=O)O)C2)CC1. The van der Waals surface area contributed by atoms with Crippen LogP contribution in [0.3, 0.4) is 0 Å². The topological polar surface area (TPSA) is 40.5 Å². The van der Waals surface area contributed by atoms with E-state index >= 15 is 0 Å². The average Bonchev–Trinajstić information content (AvgIpc) is 3.27. The van der Waals surface area contributed by atoms with Crippen LogP contribution in [0.1, 0.15) is 92.9 Å². The van der Waals surface area contributed by atoms with Crippen molar-refractivity contribution in [3.63, 3.8) is 0 Å². The van der Waals surface area contributed by atoms with Gasteiger partial charge >= 0.3 is 5.97 Å². The number of carboxylic acids is 1. The van der Waals surface area contributed by atoms with Crippen molar-refractivity contribution in [2.45, 2.75) is 94.3 Å². The van der Waals surface area contributed by atoms with Gasteiger partial charge in [-0.25, -0.2) is 0 Å². The molecule has 0 radical (unpaired) electrons. The fourth-order valence-electron chi connectivity index (χ4n) is 6.73. The molecule has 1 saturated heterocycles. The van der Waals surface area contributed by atoms with Gasteiger partial charge in [0.15, 0.2) is 0 Å². The van der Waals surface area contributed by atoms with Crippen molar-refractivity contribution in [2.75, 3.05) is 18.8 Å². The number of carboxylic acid groups (broad SMARTS) is 1. The molecule has 6 heteroatoms. The molecule has 210 valence electrons. The van der Waals surface area contributed by atoms with Crippen LogP contribution in [-0.2, 0) is 4.79 Å². The number of benzene rings is 2. The average molecular weight is 584 g/mol. The highest BCUT2D eigenvalue weighted by Crippen LogP contribution is 2.50. The van der Waals surface area contributed by atoms with Gasteiger partial charge in [0.1, 0.15) is 0 Å². The third-order valence-electron chi connectivity index (χ3n) is 9.11. The Bertz CT molecular complexity index is 1240. The van der Waals surface area contributed by atoms with E-state index < -0.39 is 5.97 Å². The van der Waals surface area contributed by atoms with E-state index in [0.717, 1.165) is 35.7 Å². The van der Waals surface area contributed by atoms with Crippen molar-refractivity contribution in [3.8, 4) is 0 Å². The Kier molecular flexibility index (Phi) is 9.30. The van der Waals surface area contributed by atoms with Crippen LogP contribution >= 0.6 is 35.1 Å². The summed E-state index contributed by atoms with van der Waals surface area (Å²) in [6.45, 7) is 11.2. The lowest BCUT2D eigenvalue weighted by atomic mass is 9.68. The molecule has 1 N–H and O–H groups in total. The molecule has 5 rings (SSSR count). The van der Waals surface area contributed by atoms with Crippen molar-refractivity contribution in [3.05, 3.63) is 68.2 Å². The Labute approximate surface area is 248 Å². The lowest BCUT2D eigenvalue weighted by Gasteiger charge is -2.39. The van der Waals surface area contributed by atoms with Gasteiger partial charge in [-0.05, 0) is 111 Å². The smallest absolute Gasteiger partial charge is 0.303 e. The number of nitrogens with zero attached hydrogens (tertiary/aromatic N) is 1. The minimum atomic E-state index is -0.688. The third kappa shape index (κ3) is 6.68. The predicted molar refractivity (Wildman–Crippen MR) is 166 cm³/mol. The van der Waals surface area contributed by atoms with Gasteiger partial charge in [0.05, 0.1) is 11.4 Å². The van der Waals surface area contributed by atoms with Crippen molar-refractivity contribution in [2.24, 2.45) is 11.8 Å². The summed E-state index contributed by atoms with van der Waals surface area (Å²) in [5.74, 6) is 2.79. The molecule has 3 aliphatic rings. The molecular weight excluding hydrogens is 542 g/mol. The molecule has 3 nitrogen and oxygen atoms in total. The van der Waals surface area contributed by atoms with Gasteiger partial charge < -0.3 is 10.0 Å². The zero-order valence-corrected chi connectivity index (χ0v) is 26.2. The number of hydrogen-bond acceptors (Lipinski definition) is 4. The molecule has 0 spiro atoms. The Morgan fingerprint density at radius 2 is 1.74 bits per heavy atom. The molecule has 2 aromatic rings. The zero-order chi connectivity index (χ0) is 27.7. The highest BCUT2D eigenvalue weighted by molar-refractivity contribution is 8.03. The van der Waals surface area contributed by atoms with Crippen LogP contribution in [0.15, 0.2) is 50.7 Å². The molecule has 39 heavy (non-hydrogen) atoms. The molecule has 2 heterocycles. The summed E-state index contributed by atoms with van der Waals surface area (Å²) in [4.78, 5) is 16.5. The molecule has 2 fully saturated rings. The number of hydrogen-bond donors (Lipinski definition) is 1. The van der Waals surface area contributed by atoms with Crippen molar-refractivity contribution >= 4 is 41.1 Å². The first-order chi connectivity index (χ1) is 18.7. The second-order valence-corrected chi connectivity index (χ2v) is 14.7. The van der Waals surface area contributed by atoms with Crippen LogP contribution in [0.25, 0.3) is 0 Å². The molecule has 1 unspecified atom stereocenters. The number of allylic oxidation sites excluding steroid dienone is 1. The molecule has 0 bridgehead atoms. The summed E-state index contributed by atoms with van der Waals surface area (Å²) in [6, 6.07) is 10.7. The van der Waals surface area contributed by atoms with E-state index in [4.69, 9.17) is 11.6 Å². The van der Waals surface area contributed by atoms with Gasteiger partial charge in [-0.3, -0.25) is 4.79 Å². The number of aliphatic carboxylic acids is 1. The molecule has 0 amide bonds. The summed E-state index contributed by atoms with van der Waals surface area (Å²) < 4.78 is 0. The number of thioether (sulfide) groups is 2. The molecule has 1 saturated carbocycles. The highest BCUT2D eigenvalue weighted by atomic mass is 35.5. The number of halogens is 1. The van der Waals surface area contributed by atoms with E-state index in [2.05, 4.69) is 56.9 Å². The van der Waals surface area contributed by atoms with Crippen LogP contribution in [0.2, 0.25) is 5.02 Å². The van der Waals surface area contributed by atoms with Crippen molar-refractivity contribution in [1.82, 2.24) is 4.90 Å². The first-order valence-corrected chi connectivity index (χ1v) is 16.7. The molecule has 1 atom stereocenters. The molecule has 0 aromatic heterocycles. The maximum atomic E-state index is 11.2. The summed E-state index contributed by atoms with van der Waals surface area (Å²) >= 11 is 10.0. The largest absolute Gasteiger partial charge is 0.481 e. The fraction of sp³-hybridized carbons (Fsp3) is 0.545. The highest BCUT2D eigenvalue weighted by Gasteiger charge is 2.34. The monoisotopic (exact) mass is 583 g/mol. The third-order valence-corrected chi connectivity index (χ3v) is 12.3. The second kappa shape index (κ2) is 12.5. The Balaban J connectivity index is 1.08. The van der Waals surface area contributed by atoms with E-state index in [1.165, 1.54) is 81.2 Å². The van der Waals surface area contributed by atoms with Gasteiger partial charge in [0, 0.05) is 39.6 Å². The number of likely N-dealkylation sites (tertiary alicyclic amines) is 1. The standard InChI is InChI=1S/C33H42ClNO2S2/c1-20(2)33(39-30-18-27(34)8-5-21(30)3)35-13-11-23(12-14-35)6-7-24-15-25(16-24)28-9-10-29-26(17-31(36)37)19-38-32(29)22(28)4/h5,8-10,18,23-26H,6-7,11-17,19H2,1-4H3,(H,36,37). The summed E-state index contributed by atoms with van der Waals surface area (Å²) in [5, 5.41) is 11.5. The Morgan fingerprint density at radius 3 is 2.44 bits per heavy atom. The molecule has 2 aliphatic heterocycles. The number of rotatable bonds is 9. The quantitative estimate of drug-likeness (QED) is 0.297. The van der Waals surface area contributed by atoms with Crippen LogP contribution in [0, 0.1) is 25.7 Å². The van der Waals surface area contributed by atoms with Gasteiger partial charge in [0.2, 0.25) is 0 Å². The molecular formula is C33H42ClNO2S2. The predicted octanol–water partition coefficient (Wildman–Crippen LogP) is 9.65. The zero-order valence-electron chi connectivity index (χ0n) is 23.8. The number of carbonyl (C=O) groups is 1. The maximum Gasteiger partial charge on any atom is 0.303 e. The minimum absolute atomic E-state index is 0.170. The van der Waals surface area contributed by atoms with E-state index in [1.807, 2.05) is 29.6 Å². The summed E-state index contributed by atoms with van der Waals surface area (Å²) in [5.41, 5.74) is 6.87. The van der Waals surface area contributed by atoms with Gasteiger partial charge in [-0.1, -0.05) is 54.4 Å². The number of fused-ring (bicyclic) bond motifs is 1. The minimum Gasteiger partial charge on any atom is -0.481 e. The molecule has 1 aliphatic carbocycles. The van der Waals surface area contributed by atoms with E-state index in [0.29, 0.717) is 5.92 Å². The summed E-state index contributed by atoms with van der Waals surface area (Å²) in [7, 11) is 0. The Morgan fingerprint density at radius 1 is 1.05 bits per heavy atom. The van der Waals surface area contributed by atoms with Gasteiger partial charge in [-0.2, -0.15) is 0 Å². The van der Waals surface area contributed by atoms with E-state index in [-0.39, 0.29) is 12.3 Å². The van der Waals surface area contributed by atoms with Gasteiger partial charge in [0.25, 0.3) is 0 Å². The van der Waals surface area contributed by atoms with Crippen molar-refractivity contribution in [1.29, 1.82) is 0 Å². The lowest BCUT2D eigenvalue weighted by Crippen LogP contribution is -2.33. The first-order valence-electron chi connectivity index (χ1n) is 14.5. The number of aryl methyl sites for hydroxylation is 1. The first kappa shape index (κ1) is 29.0. The molecule has 2 aromatic carbocycles. The van der Waals surface area contributed by atoms with Gasteiger partial charge in [-0.15, -0.1) is 11.8 Å². The van der Waals surface area contributed by atoms with Crippen LogP contribution < -0.4 is 0 Å². The fourth-order valence-corrected chi connectivity index (χ4v) is 9.51. The maximum absolute atomic E-state index is 11.2. The van der Waals surface area contributed by atoms with Crippen molar-refractivity contribution < 1.29 is 9.90 Å². The summed E-state index contributed by atoms with van der Waals surface area (Å²) in [6.07, 6.45) is 8.21. The normalized spacial score (nSPS) is 22.9. The van der Waals surface area contributed by atoms with E-state index in [9.17, 15) is 9.90 Å². The lowest BCUT2D eigenvalue weighted by molar-refractivity contribution is -0.137. The van der Waals surface area contributed by atoms with Crippen LogP contribution in [-0.4, -0.2) is 34.8 Å². The Hall–Kier alpha value is -1.56. The number of piperidine rings is 1. The second-order valence-electron chi connectivity index (χ2n) is 12.2.